The first-order valence-electron chi connectivity index (χ1n) is 8.55. The quantitative estimate of drug-likeness (QED) is 0.479. The Morgan fingerprint density at radius 2 is 1.65 bits per heavy atom. The minimum atomic E-state index is 0.700. The summed E-state index contributed by atoms with van der Waals surface area (Å²) in [5.74, 6) is 1.88. The SMILES string of the molecule is COc1ccc(Cc2nc3ccccc3n2Cc2ccccc2Cl)cc1. The second-order valence-corrected chi connectivity index (χ2v) is 6.63. The summed E-state index contributed by atoms with van der Waals surface area (Å²) in [4.78, 5) is 4.87. The van der Waals surface area contributed by atoms with Gasteiger partial charge in [0.15, 0.2) is 0 Å². The normalized spacial score (nSPS) is 11.0. The van der Waals surface area contributed by atoms with E-state index in [0.717, 1.165) is 39.6 Å². The smallest absolute Gasteiger partial charge is 0.118 e. The molecule has 0 bridgehead atoms. The van der Waals surface area contributed by atoms with Crippen LogP contribution < -0.4 is 4.74 Å². The van der Waals surface area contributed by atoms with Gasteiger partial charge < -0.3 is 9.30 Å². The van der Waals surface area contributed by atoms with Crippen LogP contribution in [-0.2, 0) is 13.0 Å². The summed E-state index contributed by atoms with van der Waals surface area (Å²) in [5.41, 5.74) is 4.41. The van der Waals surface area contributed by atoms with Crippen LogP contribution in [0.15, 0.2) is 72.8 Å². The molecular weight excluding hydrogens is 344 g/mol. The Morgan fingerprint density at radius 1 is 0.923 bits per heavy atom. The van der Waals surface area contributed by atoms with Gasteiger partial charge in [-0.15, -0.1) is 0 Å². The van der Waals surface area contributed by atoms with E-state index < -0.39 is 0 Å². The fourth-order valence-corrected chi connectivity index (χ4v) is 3.36. The summed E-state index contributed by atoms with van der Waals surface area (Å²) in [6, 6.07) is 24.3. The van der Waals surface area contributed by atoms with Crippen LogP contribution in [0, 0.1) is 0 Å². The lowest BCUT2D eigenvalue weighted by atomic mass is 10.1. The molecule has 130 valence electrons. The molecular formula is C22H19ClN2O. The Hall–Kier alpha value is -2.78. The molecule has 0 atom stereocenters. The van der Waals surface area contributed by atoms with Crippen LogP contribution in [0.2, 0.25) is 5.02 Å². The fourth-order valence-electron chi connectivity index (χ4n) is 3.16. The van der Waals surface area contributed by atoms with E-state index in [1.54, 1.807) is 7.11 Å². The lowest BCUT2D eigenvalue weighted by Crippen LogP contribution is -2.06. The maximum absolute atomic E-state index is 6.39. The second kappa shape index (κ2) is 7.22. The molecule has 3 nitrogen and oxygen atoms in total. The van der Waals surface area contributed by atoms with Crippen molar-refractivity contribution in [3.63, 3.8) is 0 Å². The number of para-hydroxylation sites is 2. The predicted octanol–water partition coefficient (Wildman–Crippen LogP) is 5.34. The Morgan fingerprint density at radius 3 is 2.42 bits per heavy atom. The number of aromatic nitrogens is 2. The standard InChI is InChI=1S/C22H19ClN2O/c1-26-18-12-10-16(11-13-18)14-22-24-20-8-4-5-9-21(20)25(22)15-17-6-2-3-7-19(17)23/h2-13H,14-15H2,1H3. The third kappa shape index (κ3) is 3.31. The van der Waals surface area contributed by atoms with Crippen molar-refractivity contribution in [2.24, 2.45) is 0 Å². The lowest BCUT2D eigenvalue weighted by molar-refractivity contribution is 0.414. The van der Waals surface area contributed by atoms with Crippen molar-refractivity contribution in [3.8, 4) is 5.75 Å². The zero-order valence-corrected chi connectivity index (χ0v) is 15.3. The van der Waals surface area contributed by atoms with Crippen molar-refractivity contribution in [2.45, 2.75) is 13.0 Å². The lowest BCUT2D eigenvalue weighted by Gasteiger charge is -2.11. The maximum Gasteiger partial charge on any atom is 0.118 e. The summed E-state index contributed by atoms with van der Waals surface area (Å²) >= 11 is 6.39. The molecule has 0 N–H and O–H groups in total. The monoisotopic (exact) mass is 362 g/mol. The van der Waals surface area contributed by atoms with E-state index in [1.165, 1.54) is 5.56 Å². The number of hydrogen-bond acceptors (Lipinski definition) is 2. The van der Waals surface area contributed by atoms with Crippen LogP contribution in [0.5, 0.6) is 5.75 Å². The molecule has 0 fully saturated rings. The van der Waals surface area contributed by atoms with Crippen molar-refractivity contribution in [1.29, 1.82) is 0 Å². The highest BCUT2D eigenvalue weighted by Gasteiger charge is 2.12. The minimum absolute atomic E-state index is 0.700. The van der Waals surface area contributed by atoms with E-state index in [9.17, 15) is 0 Å². The molecule has 3 aromatic carbocycles. The molecule has 26 heavy (non-hydrogen) atoms. The molecule has 4 aromatic rings. The zero-order valence-electron chi connectivity index (χ0n) is 14.5. The van der Waals surface area contributed by atoms with E-state index in [-0.39, 0.29) is 0 Å². The topological polar surface area (TPSA) is 27.1 Å². The number of halogens is 1. The first kappa shape index (κ1) is 16.7. The van der Waals surface area contributed by atoms with Crippen molar-refractivity contribution < 1.29 is 4.74 Å². The van der Waals surface area contributed by atoms with Gasteiger partial charge in [-0.3, -0.25) is 0 Å². The first-order chi connectivity index (χ1) is 12.7. The molecule has 4 heteroatoms. The van der Waals surface area contributed by atoms with Crippen LogP contribution in [0.25, 0.3) is 11.0 Å². The number of methoxy groups -OCH3 is 1. The number of fused-ring (bicyclic) bond motifs is 1. The van der Waals surface area contributed by atoms with Gasteiger partial charge in [-0.25, -0.2) is 4.98 Å². The number of ether oxygens (including phenoxy) is 1. The van der Waals surface area contributed by atoms with E-state index in [1.807, 2.05) is 42.5 Å². The van der Waals surface area contributed by atoms with Crippen LogP contribution in [0.3, 0.4) is 0 Å². The van der Waals surface area contributed by atoms with Gasteiger partial charge >= 0.3 is 0 Å². The van der Waals surface area contributed by atoms with Crippen molar-refractivity contribution in [2.75, 3.05) is 7.11 Å². The summed E-state index contributed by atoms with van der Waals surface area (Å²) in [7, 11) is 1.68. The highest BCUT2D eigenvalue weighted by molar-refractivity contribution is 6.31. The number of hydrogen-bond donors (Lipinski definition) is 0. The Kier molecular flexibility index (Phi) is 4.63. The average molecular weight is 363 g/mol. The molecule has 0 aliphatic rings. The zero-order chi connectivity index (χ0) is 17.9. The molecule has 0 radical (unpaired) electrons. The van der Waals surface area contributed by atoms with Gasteiger partial charge in [-0.1, -0.05) is 54.1 Å². The van der Waals surface area contributed by atoms with Crippen LogP contribution in [-0.4, -0.2) is 16.7 Å². The van der Waals surface area contributed by atoms with Crippen LogP contribution in [0.4, 0.5) is 0 Å². The maximum atomic E-state index is 6.39. The average Bonchev–Trinajstić information content (AvgIpc) is 3.01. The molecule has 0 unspecified atom stereocenters. The largest absolute Gasteiger partial charge is 0.497 e. The fraction of sp³-hybridized carbons (Fsp3) is 0.136. The van der Waals surface area contributed by atoms with E-state index in [4.69, 9.17) is 21.3 Å². The minimum Gasteiger partial charge on any atom is -0.497 e. The van der Waals surface area contributed by atoms with Crippen LogP contribution in [0.1, 0.15) is 17.0 Å². The van der Waals surface area contributed by atoms with Gasteiger partial charge in [-0.2, -0.15) is 0 Å². The van der Waals surface area contributed by atoms with E-state index in [0.29, 0.717) is 6.54 Å². The Bertz CT molecular complexity index is 1040. The highest BCUT2D eigenvalue weighted by Crippen LogP contribution is 2.23. The highest BCUT2D eigenvalue weighted by atomic mass is 35.5. The number of imidazole rings is 1. The van der Waals surface area contributed by atoms with Gasteiger partial charge in [0.25, 0.3) is 0 Å². The molecule has 0 saturated heterocycles. The molecule has 0 saturated carbocycles. The second-order valence-electron chi connectivity index (χ2n) is 6.22. The summed E-state index contributed by atoms with van der Waals surface area (Å²) in [6.45, 7) is 0.700. The number of benzene rings is 3. The number of rotatable bonds is 5. The van der Waals surface area contributed by atoms with Gasteiger partial charge in [0, 0.05) is 11.4 Å². The van der Waals surface area contributed by atoms with Gasteiger partial charge in [-0.05, 0) is 41.5 Å². The van der Waals surface area contributed by atoms with E-state index in [2.05, 4.69) is 34.9 Å². The van der Waals surface area contributed by atoms with Gasteiger partial charge in [0.05, 0.1) is 24.7 Å². The van der Waals surface area contributed by atoms with Crippen molar-refractivity contribution in [3.05, 3.63) is 94.8 Å². The van der Waals surface area contributed by atoms with Gasteiger partial charge in [0.1, 0.15) is 11.6 Å². The molecule has 0 amide bonds. The summed E-state index contributed by atoms with van der Waals surface area (Å²) in [6.07, 6.45) is 0.753. The molecule has 0 aliphatic heterocycles. The summed E-state index contributed by atoms with van der Waals surface area (Å²) < 4.78 is 7.50. The molecule has 1 aromatic heterocycles. The Labute approximate surface area is 157 Å². The van der Waals surface area contributed by atoms with Crippen LogP contribution >= 0.6 is 11.6 Å². The molecule has 0 spiro atoms. The molecule has 4 rings (SSSR count). The first-order valence-corrected chi connectivity index (χ1v) is 8.93. The molecule has 1 heterocycles. The summed E-state index contributed by atoms with van der Waals surface area (Å²) in [5, 5.41) is 0.778. The third-order valence-corrected chi connectivity index (χ3v) is 4.91. The van der Waals surface area contributed by atoms with E-state index >= 15 is 0 Å². The number of nitrogens with zero attached hydrogens (tertiary/aromatic N) is 2. The molecule has 0 aliphatic carbocycles. The van der Waals surface area contributed by atoms with Crippen molar-refractivity contribution >= 4 is 22.6 Å². The Balaban J connectivity index is 1.74. The van der Waals surface area contributed by atoms with Crippen molar-refractivity contribution in [1.82, 2.24) is 9.55 Å². The van der Waals surface area contributed by atoms with Gasteiger partial charge in [0.2, 0.25) is 0 Å². The predicted molar refractivity (Wildman–Crippen MR) is 106 cm³/mol. The third-order valence-electron chi connectivity index (χ3n) is 4.54.